The molecule has 7 heteroatoms. The van der Waals surface area contributed by atoms with Crippen molar-refractivity contribution in [2.75, 3.05) is 6.61 Å². The van der Waals surface area contributed by atoms with Gasteiger partial charge in [0.2, 0.25) is 0 Å². The minimum atomic E-state index is -0.805. The summed E-state index contributed by atoms with van der Waals surface area (Å²) in [6, 6.07) is 11.6. The molecule has 0 bridgehead atoms. The lowest BCUT2D eigenvalue weighted by Gasteiger charge is -2.11. The maximum atomic E-state index is 12.1. The highest BCUT2D eigenvalue weighted by Crippen LogP contribution is 2.30. The molecular formula is C18H17NO6. The second kappa shape index (κ2) is 8.05. The van der Waals surface area contributed by atoms with Crippen LogP contribution in [0.25, 0.3) is 0 Å². The Balaban J connectivity index is 2.45. The highest BCUT2D eigenvalue weighted by atomic mass is 16.6. The van der Waals surface area contributed by atoms with Crippen LogP contribution in [0.4, 0.5) is 5.69 Å². The molecule has 2 aromatic carbocycles. The van der Waals surface area contributed by atoms with Crippen LogP contribution in [0.1, 0.15) is 40.1 Å². The number of carbonyl (C=O) groups excluding carboxylic acids is 2. The van der Waals surface area contributed by atoms with Crippen LogP contribution in [-0.4, -0.2) is 23.3 Å². The molecule has 0 radical (unpaired) electrons. The number of carbonyl (C=O) groups is 2. The van der Waals surface area contributed by atoms with Gasteiger partial charge in [-0.15, -0.1) is 0 Å². The van der Waals surface area contributed by atoms with Gasteiger partial charge in [0.25, 0.3) is 5.69 Å². The molecule has 25 heavy (non-hydrogen) atoms. The fraction of sp³-hybridized carbons (Fsp3) is 0.222. The van der Waals surface area contributed by atoms with Crippen LogP contribution < -0.4 is 4.74 Å². The van der Waals surface area contributed by atoms with Gasteiger partial charge in [-0.3, -0.25) is 14.9 Å². The first-order valence-electron chi connectivity index (χ1n) is 7.61. The van der Waals surface area contributed by atoms with Crippen LogP contribution in [0.3, 0.4) is 0 Å². The Hall–Kier alpha value is -3.22. The Morgan fingerprint density at radius 2 is 1.84 bits per heavy atom. The van der Waals surface area contributed by atoms with Crippen molar-refractivity contribution in [1.82, 2.24) is 0 Å². The van der Waals surface area contributed by atoms with Crippen LogP contribution in [-0.2, 0) is 11.3 Å². The quantitative estimate of drug-likeness (QED) is 0.330. The summed E-state index contributed by atoms with van der Waals surface area (Å²) < 4.78 is 10.5. The van der Waals surface area contributed by atoms with E-state index in [1.165, 1.54) is 6.07 Å². The molecule has 0 heterocycles. The first kappa shape index (κ1) is 18.1. The number of hydrogen-bond donors (Lipinski definition) is 0. The smallest absolute Gasteiger partial charge is 0.339 e. The van der Waals surface area contributed by atoms with Crippen molar-refractivity contribution in [3.8, 4) is 5.75 Å². The average molecular weight is 343 g/mol. The van der Waals surface area contributed by atoms with Gasteiger partial charge in [0.15, 0.2) is 5.78 Å². The van der Waals surface area contributed by atoms with Gasteiger partial charge in [0, 0.05) is 0 Å². The molecular weight excluding hydrogens is 326 g/mol. The van der Waals surface area contributed by atoms with Gasteiger partial charge >= 0.3 is 5.97 Å². The minimum Gasteiger partial charge on any atom is -0.489 e. The molecule has 0 spiro atoms. The number of ether oxygens (including phenoxy) is 2. The Kier molecular flexibility index (Phi) is 5.84. The lowest BCUT2D eigenvalue weighted by atomic mass is 10.0. The number of benzene rings is 2. The van der Waals surface area contributed by atoms with E-state index in [0.29, 0.717) is 0 Å². The normalized spacial score (nSPS) is 10.2. The predicted molar refractivity (Wildman–Crippen MR) is 89.8 cm³/mol. The Labute approximate surface area is 144 Å². The first-order chi connectivity index (χ1) is 11.9. The Bertz CT molecular complexity index is 801. The number of nitro benzene ring substituents is 1. The summed E-state index contributed by atoms with van der Waals surface area (Å²) in [6.07, 6.45) is 0. The van der Waals surface area contributed by atoms with E-state index in [1.807, 2.05) is 30.3 Å². The van der Waals surface area contributed by atoms with E-state index in [1.54, 1.807) is 6.92 Å². The number of rotatable bonds is 7. The van der Waals surface area contributed by atoms with Crippen molar-refractivity contribution in [2.24, 2.45) is 0 Å². The van der Waals surface area contributed by atoms with Crippen molar-refractivity contribution in [3.63, 3.8) is 0 Å². The van der Waals surface area contributed by atoms with E-state index in [9.17, 15) is 19.7 Å². The van der Waals surface area contributed by atoms with Crippen molar-refractivity contribution >= 4 is 17.4 Å². The molecule has 2 aromatic rings. The summed E-state index contributed by atoms with van der Waals surface area (Å²) in [5.74, 6) is -1.28. The molecule has 0 aliphatic heterocycles. The molecule has 130 valence electrons. The summed E-state index contributed by atoms with van der Waals surface area (Å²) >= 11 is 0. The van der Waals surface area contributed by atoms with Crippen LogP contribution in [0.2, 0.25) is 0 Å². The van der Waals surface area contributed by atoms with Crippen molar-refractivity contribution in [1.29, 1.82) is 0 Å². The van der Waals surface area contributed by atoms with Gasteiger partial charge in [0.05, 0.1) is 23.2 Å². The summed E-state index contributed by atoms with van der Waals surface area (Å²) in [7, 11) is 0. The molecule has 0 saturated heterocycles. The van der Waals surface area contributed by atoms with Gasteiger partial charge in [0.1, 0.15) is 17.9 Å². The predicted octanol–water partition coefficient (Wildman–Crippen LogP) is 3.55. The third-order valence-electron chi connectivity index (χ3n) is 3.38. The highest BCUT2D eigenvalue weighted by Gasteiger charge is 2.27. The molecule has 0 amide bonds. The average Bonchev–Trinajstić information content (AvgIpc) is 2.60. The van der Waals surface area contributed by atoms with Gasteiger partial charge in [-0.2, -0.15) is 0 Å². The molecule has 0 unspecified atom stereocenters. The molecule has 7 nitrogen and oxygen atoms in total. The van der Waals surface area contributed by atoms with E-state index >= 15 is 0 Å². The first-order valence-corrected chi connectivity index (χ1v) is 7.61. The summed E-state index contributed by atoms with van der Waals surface area (Å²) in [5.41, 5.74) is -0.0817. The van der Waals surface area contributed by atoms with Crippen LogP contribution >= 0.6 is 0 Å². The van der Waals surface area contributed by atoms with Crippen molar-refractivity contribution in [3.05, 3.63) is 69.3 Å². The number of nitrogens with zero attached hydrogens (tertiary/aromatic N) is 1. The maximum Gasteiger partial charge on any atom is 0.339 e. The number of hydrogen-bond acceptors (Lipinski definition) is 6. The molecule has 2 rings (SSSR count). The minimum absolute atomic E-state index is 0.0824. The van der Waals surface area contributed by atoms with Gasteiger partial charge in [-0.05, 0) is 25.5 Å². The third-order valence-corrected chi connectivity index (χ3v) is 3.38. The number of nitro groups is 1. The molecule has 0 aromatic heterocycles. The topological polar surface area (TPSA) is 95.7 Å². The zero-order valence-electron chi connectivity index (χ0n) is 13.9. The third kappa shape index (κ3) is 4.41. The number of ketones is 1. The molecule has 0 fully saturated rings. The zero-order chi connectivity index (χ0) is 18.4. The van der Waals surface area contributed by atoms with Gasteiger partial charge in [-0.25, -0.2) is 4.79 Å². The van der Waals surface area contributed by atoms with E-state index in [0.717, 1.165) is 18.6 Å². The monoisotopic (exact) mass is 343 g/mol. The largest absolute Gasteiger partial charge is 0.489 e. The SMILES string of the molecule is CCOC(=O)c1cc(OCc2ccccc2)cc([N+](=O)[O-])c1C(C)=O. The van der Waals surface area contributed by atoms with Crippen LogP contribution in [0.5, 0.6) is 5.75 Å². The number of esters is 1. The van der Waals surface area contributed by atoms with Gasteiger partial charge < -0.3 is 9.47 Å². The maximum absolute atomic E-state index is 12.1. The highest BCUT2D eigenvalue weighted by molar-refractivity contribution is 6.08. The molecule has 0 aliphatic rings. The van der Waals surface area contributed by atoms with Crippen molar-refractivity contribution in [2.45, 2.75) is 20.5 Å². The zero-order valence-corrected chi connectivity index (χ0v) is 13.9. The molecule has 0 aliphatic carbocycles. The Morgan fingerprint density at radius 3 is 2.40 bits per heavy atom. The van der Waals surface area contributed by atoms with E-state index in [-0.39, 0.29) is 30.1 Å². The standard InChI is InChI=1S/C18H17NO6/c1-3-24-18(21)15-9-14(25-11-13-7-5-4-6-8-13)10-16(19(22)23)17(15)12(2)20/h4-10H,3,11H2,1-2H3. The van der Waals surface area contributed by atoms with Gasteiger partial charge in [-0.1, -0.05) is 30.3 Å². The molecule has 0 N–H and O–H groups in total. The fourth-order valence-corrected chi connectivity index (χ4v) is 2.31. The van der Waals surface area contributed by atoms with Crippen molar-refractivity contribution < 1.29 is 24.0 Å². The fourth-order valence-electron chi connectivity index (χ4n) is 2.31. The summed E-state index contributed by atoms with van der Waals surface area (Å²) in [5, 5.41) is 11.3. The summed E-state index contributed by atoms with van der Waals surface area (Å²) in [4.78, 5) is 34.6. The van der Waals surface area contributed by atoms with Crippen LogP contribution in [0.15, 0.2) is 42.5 Å². The van der Waals surface area contributed by atoms with E-state index in [2.05, 4.69) is 0 Å². The second-order valence-electron chi connectivity index (χ2n) is 5.17. The molecule has 0 saturated carbocycles. The van der Waals surface area contributed by atoms with E-state index < -0.39 is 22.4 Å². The second-order valence-corrected chi connectivity index (χ2v) is 5.17. The Morgan fingerprint density at radius 1 is 1.16 bits per heavy atom. The lowest BCUT2D eigenvalue weighted by Crippen LogP contribution is -2.13. The lowest BCUT2D eigenvalue weighted by molar-refractivity contribution is -0.385. The van der Waals surface area contributed by atoms with Crippen LogP contribution in [0, 0.1) is 10.1 Å². The molecule has 0 atom stereocenters. The summed E-state index contributed by atoms with van der Waals surface area (Å²) in [6.45, 7) is 3.02. The number of Topliss-reactive ketones (excluding diaryl/α,β-unsaturated/α-hetero) is 1. The van der Waals surface area contributed by atoms with E-state index in [4.69, 9.17) is 9.47 Å².